The lowest BCUT2D eigenvalue weighted by Crippen LogP contribution is -2.50. The highest BCUT2D eigenvalue weighted by Crippen LogP contribution is 2.26. The summed E-state index contributed by atoms with van der Waals surface area (Å²) in [6.45, 7) is 1.46. The first kappa shape index (κ1) is 14.2. The van der Waals surface area contributed by atoms with Gasteiger partial charge in [-0.25, -0.2) is 0 Å². The molecule has 0 aromatic rings. The van der Waals surface area contributed by atoms with Gasteiger partial charge in [-0.1, -0.05) is 0 Å². The van der Waals surface area contributed by atoms with Crippen molar-refractivity contribution in [1.29, 1.82) is 0 Å². The fourth-order valence-electron chi connectivity index (χ4n) is 1.99. The number of carbonyl (C=O) groups is 1. The molecule has 1 fully saturated rings. The number of β-amino-alcohol motifs (C(OH)–C–C–N with tert-alkyl or cyclic N) is 1. The second-order valence-electron chi connectivity index (χ2n) is 4.54. The van der Waals surface area contributed by atoms with Crippen LogP contribution >= 0.6 is 0 Å². The van der Waals surface area contributed by atoms with Crippen LogP contribution in [-0.2, 0) is 4.79 Å². The topological polar surface area (TPSA) is 66.6 Å². The molecular formula is C10H17F3N2O2. The second kappa shape index (κ2) is 5.22. The van der Waals surface area contributed by atoms with Gasteiger partial charge in [0.05, 0.1) is 5.92 Å². The van der Waals surface area contributed by atoms with Crippen LogP contribution in [0.15, 0.2) is 0 Å². The smallest absolute Gasteiger partial charge is 0.382 e. The standard InChI is InChI=1S/C10H17F3N2O2/c1-6-2-3-7(9(14)17)4-15(6)5-8(16)10(11,12)13/h6-8,16H,2-5H2,1H3,(H2,14,17). The monoisotopic (exact) mass is 254 g/mol. The maximum absolute atomic E-state index is 12.2. The van der Waals surface area contributed by atoms with E-state index in [0.717, 1.165) is 0 Å². The number of piperidine rings is 1. The van der Waals surface area contributed by atoms with Gasteiger partial charge in [0.1, 0.15) is 0 Å². The van der Waals surface area contributed by atoms with Gasteiger partial charge < -0.3 is 10.8 Å². The Bertz CT molecular complexity index is 283. The van der Waals surface area contributed by atoms with E-state index in [2.05, 4.69) is 0 Å². The summed E-state index contributed by atoms with van der Waals surface area (Å²) in [5.74, 6) is -0.921. The molecule has 0 spiro atoms. The van der Waals surface area contributed by atoms with Crippen LogP contribution in [0.3, 0.4) is 0 Å². The molecule has 1 aliphatic heterocycles. The van der Waals surface area contributed by atoms with E-state index in [9.17, 15) is 18.0 Å². The molecule has 0 aromatic carbocycles. The number of primary amides is 1. The maximum atomic E-state index is 12.2. The van der Waals surface area contributed by atoms with E-state index in [0.29, 0.717) is 12.8 Å². The van der Waals surface area contributed by atoms with Crippen molar-refractivity contribution in [1.82, 2.24) is 4.90 Å². The Kier molecular flexibility index (Phi) is 4.37. The van der Waals surface area contributed by atoms with E-state index < -0.39 is 30.7 Å². The quantitative estimate of drug-likeness (QED) is 0.770. The third kappa shape index (κ3) is 3.85. The first-order chi connectivity index (χ1) is 7.71. The van der Waals surface area contributed by atoms with Crippen LogP contribution < -0.4 is 5.73 Å². The third-order valence-corrected chi connectivity index (χ3v) is 3.20. The molecule has 0 aromatic heterocycles. The normalized spacial score (nSPS) is 29.0. The number of aliphatic hydroxyl groups excluding tert-OH is 1. The van der Waals surface area contributed by atoms with Gasteiger partial charge in [-0.05, 0) is 19.8 Å². The van der Waals surface area contributed by atoms with Gasteiger partial charge in [-0.2, -0.15) is 13.2 Å². The number of nitrogens with two attached hydrogens (primary N) is 1. The largest absolute Gasteiger partial charge is 0.415 e. The van der Waals surface area contributed by atoms with Crippen molar-refractivity contribution in [2.24, 2.45) is 11.7 Å². The molecule has 4 nitrogen and oxygen atoms in total. The van der Waals surface area contributed by atoms with Gasteiger partial charge in [0.15, 0.2) is 6.10 Å². The zero-order valence-corrected chi connectivity index (χ0v) is 9.57. The summed E-state index contributed by atoms with van der Waals surface area (Å²) in [5.41, 5.74) is 5.14. The number of nitrogens with zero attached hydrogens (tertiary/aromatic N) is 1. The molecule has 0 bridgehead atoms. The average molecular weight is 254 g/mol. The summed E-state index contributed by atoms with van der Waals surface area (Å²) in [6, 6.07) is -0.0809. The van der Waals surface area contributed by atoms with E-state index in [-0.39, 0.29) is 12.6 Å². The number of alkyl halides is 3. The molecule has 1 saturated heterocycles. The van der Waals surface area contributed by atoms with Crippen LogP contribution in [0.1, 0.15) is 19.8 Å². The highest BCUT2D eigenvalue weighted by molar-refractivity contribution is 5.76. The molecular weight excluding hydrogens is 237 g/mol. The predicted octanol–water partition coefficient (Wildman–Crippen LogP) is 0.495. The first-order valence-corrected chi connectivity index (χ1v) is 5.50. The fraction of sp³-hybridized carbons (Fsp3) is 0.900. The molecule has 3 N–H and O–H groups in total. The van der Waals surface area contributed by atoms with Crippen molar-refractivity contribution in [2.45, 2.75) is 38.1 Å². The zero-order chi connectivity index (χ0) is 13.2. The van der Waals surface area contributed by atoms with Crippen molar-refractivity contribution in [3.63, 3.8) is 0 Å². The Hall–Kier alpha value is -0.820. The first-order valence-electron chi connectivity index (χ1n) is 5.50. The molecule has 17 heavy (non-hydrogen) atoms. The van der Waals surface area contributed by atoms with E-state index in [4.69, 9.17) is 10.8 Å². The SMILES string of the molecule is CC1CCC(C(N)=O)CN1CC(O)C(F)(F)F. The van der Waals surface area contributed by atoms with Crippen molar-refractivity contribution < 1.29 is 23.1 Å². The number of halogens is 3. The van der Waals surface area contributed by atoms with Gasteiger partial charge in [-0.3, -0.25) is 9.69 Å². The van der Waals surface area contributed by atoms with Crippen molar-refractivity contribution >= 4 is 5.91 Å². The van der Waals surface area contributed by atoms with Crippen molar-refractivity contribution in [2.75, 3.05) is 13.1 Å². The number of carbonyl (C=O) groups excluding carboxylic acids is 1. The summed E-state index contributed by atoms with van der Waals surface area (Å²) < 4.78 is 36.7. The third-order valence-electron chi connectivity index (χ3n) is 3.20. The number of hydrogen-bond acceptors (Lipinski definition) is 3. The lowest BCUT2D eigenvalue weighted by molar-refractivity contribution is -0.210. The van der Waals surface area contributed by atoms with Crippen molar-refractivity contribution in [3.8, 4) is 0 Å². The van der Waals surface area contributed by atoms with Crippen LogP contribution in [0.4, 0.5) is 13.2 Å². The number of rotatable bonds is 3. The minimum absolute atomic E-state index is 0.0809. The van der Waals surface area contributed by atoms with Gasteiger partial charge in [0.2, 0.25) is 5.91 Å². The molecule has 3 unspecified atom stereocenters. The van der Waals surface area contributed by atoms with Crippen LogP contribution in [0.25, 0.3) is 0 Å². The minimum atomic E-state index is -4.63. The Labute approximate surface area is 97.6 Å². The highest BCUT2D eigenvalue weighted by atomic mass is 19.4. The number of amides is 1. The van der Waals surface area contributed by atoms with Gasteiger partial charge in [-0.15, -0.1) is 0 Å². The summed E-state index contributed by atoms with van der Waals surface area (Å²) in [7, 11) is 0. The lowest BCUT2D eigenvalue weighted by atomic mass is 9.92. The molecule has 1 aliphatic rings. The van der Waals surface area contributed by atoms with Crippen LogP contribution in [0.2, 0.25) is 0 Å². The molecule has 0 aliphatic carbocycles. The zero-order valence-electron chi connectivity index (χ0n) is 9.57. The minimum Gasteiger partial charge on any atom is -0.382 e. The van der Waals surface area contributed by atoms with E-state index in [1.165, 1.54) is 4.90 Å². The highest BCUT2D eigenvalue weighted by Gasteiger charge is 2.41. The Morgan fingerprint density at radius 1 is 1.53 bits per heavy atom. The van der Waals surface area contributed by atoms with Gasteiger partial charge in [0, 0.05) is 19.1 Å². The van der Waals surface area contributed by atoms with Gasteiger partial charge >= 0.3 is 6.18 Å². The summed E-state index contributed by atoms with van der Waals surface area (Å²) in [5, 5.41) is 9.00. The lowest BCUT2D eigenvalue weighted by Gasteiger charge is -2.38. The molecule has 7 heteroatoms. The van der Waals surface area contributed by atoms with Gasteiger partial charge in [0.25, 0.3) is 0 Å². The molecule has 1 heterocycles. The molecule has 1 rings (SSSR count). The molecule has 100 valence electrons. The summed E-state index contributed by atoms with van der Waals surface area (Å²) >= 11 is 0. The summed E-state index contributed by atoms with van der Waals surface area (Å²) in [6.07, 6.45) is -5.80. The number of aliphatic hydroxyl groups is 1. The number of hydrogen-bond donors (Lipinski definition) is 2. The Morgan fingerprint density at radius 3 is 2.59 bits per heavy atom. The second-order valence-corrected chi connectivity index (χ2v) is 4.54. The molecule has 1 amide bonds. The van der Waals surface area contributed by atoms with Crippen LogP contribution in [-0.4, -0.2) is 47.3 Å². The van der Waals surface area contributed by atoms with E-state index in [1.807, 2.05) is 0 Å². The molecule has 3 atom stereocenters. The Balaban J connectivity index is 2.59. The van der Waals surface area contributed by atoms with Crippen molar-refractivity contribution in [3.05, 3.63) is 0 Å². The predicted molar refractivity (Wildman–Crippen MR) is 55.0 cm³/mol. The van der Waals surface area contributed by atoms with Crippen LogP contribution in [0, 0.1) is 5.92 Å². The Morgan fingerprint density at radius 2 is 2.12 bits per heavy atom. The molecule has 0 saturated carbocycles. The van der Waals surface area contributed by atoms with E-state index >= 15 is 0 Å². The number of likely N-dealkylation sites (tertiary alicyclic amines) is 1. The maximum Gasteiger partial charge on any atom is 0.415 e. The average Bonchev–Trinajstić information content (AvgIpc) is 2.19. The fourth-order valence-corrected chi connectivity index (χ4v) is 1.99. The van der Waals surface area contributed by atoms with Crippen LogP contribution in [0.5, 0.6) is 0 Å². The molecule has 0 radical (unpaired) electrons. The summed E-state index contributed by atoms with van der Waals surface area (Å²) in [4.78, 5) is 12.5. The van der Waals surface area contributed by atoms with E-state index in [1.54, 1.807) is 6.92 Å².